The van der Waals surface area contributed by atoms with Crippen LogP contribution in [0.5, 0.6) is 5.75 Å². The molecule has 0 saturated carbocycles. The molecule has 96 valence electrons. The third-order valence-electron chi connectivity index (χ3n) is 2.36. The van der Waals surface area contributed by atoms with Crippen molar-refractivity contribution in [3.63, 3.8) is 0 Å². The summed E-state index contributed by atoms with van der Waals surface area (Å²) < 4.78 is 6.46. The summed E-state index contributed by atoms with van der Waals surface area (Å²) in [6.07, 6.45) is 8.93. The fourth-order valence-electron chi connectivity index (χ4n) is 1.57. The van der Waals surface area contributed by atoms with Gasteiger partial charge in [-0.3, -0.25) is 4.98 Å². The first-order valence-electron chi connectivity index (χ1n) is 5.53. The Hall–Kier alpha value is -1.38. The van der Waals surface area contributed by atoms with Gasteiger partial charge in [-0.1, -0.05) is 27.9 Å². The molecule has 0 spiro atoms. The molecule has 2 rings (SSSR count). The molecule has 0 N–H and O–H groups in total. The predicted octanol–water partition coefficient (Wildman–Crippen LogP) is 3.66. The minimum Gasteiger partial charge on any atom is -0.489 e. The summed E-state index contributed by atoms with van der Waals surface area (Å²) in [5.41, 5.74) is 2.03. The fourth-order valence-corrected chi connectivity index (χ4v) is 2.13. The Morgan fingerprint density at radius 3 is 2.79 bits per heavy atom. The molecule has 3 nitrogen and oxygen atoms in total. The maximum absolute atomic E-state index is 5.72. The van der Waals surface area contributed by atoms with E-state index in [2.05, 4.69) is 47.7 Å². The summed E-state index contributed by atoms with van der Waals surface area (Å²) in [4.78, 5) is 8.65. The topological polar surface area (TPSA) is 35.0 Å². The number of terminal acetylenes is 1. The lowest BCUT2D eigenvalue weighted by Crippen LogP contribution is -2.04. The number of hydrogen-bond donors (Lipinski definition) is 0. The lowest BCUT2D eigenvalue weighted by Gasteiger charge is -2.12. The number of ether oxygens (including phenoxy) is 1. The van der Waals surface area contributed by atoms with E-state index in [1.807, 2.05) is 18.2 Å². The summed E-state index contributed by atoms with van der Waals surface area (Å²) in [6.45, 7) is 0.507. The first kappa shape index (κ1) is 14.0. The lowest BCUT2D eigenvalue weighted by molar-refractivity contribution is 0.344. The smallest absolute Gasteiger partial charge is 0.163 e. The van der Waals surface area contributed by atoms with E-state index in [1.165, 1.54) is 0 Å². The van der Waals surface area contributed by atoms with Gasteiger partial charge >= 0.3 is 0 Å². The number of hydrogen-bond acceptors (Lipinski definition) is 3. The average molecular weight is 382 g/mol. The van der Waals surface area contributed by atoms with E-state index in [4.69, 9.17) is 11.2 Å². The molecule has 0 aliphatic rings. The lowest BCUT2D eigenvalue weighted by atomic mass is 10.1. The zero-order chi connectivity index (χ0) is 13.7. The molecule has 0 fully saturated rings. The molecule has 0 amide bonds. The summed E-state index contributed by atoms with van der Waals surface area (Å²) in [7, 11) is 0. The van der Waals surface area contributed by atoms with Gasteiger partial charge in [0.2, 0.25) is 0 Å². The highest BCUT2D eigenvalue weighted by Crippen LogP contribution is 2.34. The Kier molecular flexibility index (Phi) is 4.94. The van der Waals surface area contributed by atoms with E-state index in [0.717, 1.165) is 10.2 Å². The summed E-state index contributed by atoms with van der Waals surface area (Å²) >= 11 is 6.72. The minimum atomic E-state index is 0.507. The van der Waals surface area contributed by atoms with Gasteiger partial charge in [-0.2, -0.15) is 0 Å². The molecular weight excluding hydrogens is 372 g/mol. The van der Waals surface area contributed by atoms with Crippen molar-refractivity contribution in [1.29, 1.82) is 0 Å². The van der Waals surface area contributed by atoms with Crippen LogP contribution in [0.1, 0.15) is 5.56 Å². The van der Waals surface area contributed by atoms with Crippen LogP contribution in [0.3, 0.4) is 0 Å². The van der Waals surface area contributed by atoms with Gasteiger partial charge in [-0.05, 0) is 28.1 Å². The number of nitrogens with zero attached hydrogens (tertiary/aromatic N) is 2. The second-order valence-corrected chi connectivity index (χ2v) is 5.20. The maximum Gasteiger partial charge on any atom is 0.163 e. The van der Waals surface area contributed by atoms with Crippen LogP contribution in [0.25, 0.3) is 11.4 Å². The Morgan fingerprint density at radius 2 is 2.16 bits per heavy atom. The third-order valence-corrected chi connectivity index (χ3v) is 3.29. The Balaban J connectivity index is 2.58. The molecule has 19 heavy (non-hydrogen) atoms. The van der Waals surface area contributed by atoms with Crippen LogP contribution in [0.2, 0.25) is 0 Å². The standard InChI is InChI=1S/C14H10Br2N2O/c1-2-10-11(16)9-18-13(14(10)19-8-6-15)12-5-3-4-7-17-12/h1,3-5,7,9H,6,8H2. The van der Waals surface area contributed by atoms with Gasteiger partial charge in [-0.15, -0.1) is 6.42 Å². The van der Waals surface area contributed by atoms with Crippen LogP contribution in [-0.2, 0) is 0 Å². The van der Waals surface area contributed by atoms with Crippen molar-refractivity contribution in [2.24, 2.45) is 0 Å². The number of rotatable bonds is 4. The van der Waals surface area contributed by atoms with Crippen LogP contribution in [0.15, 0.2) is 35.1 Å². The number of aromatic nitrogens is 2. The molecule has 2 aromatic heterocycles. The second-order valence-electron chi connectivity index (χ2n) is 3.56. The number of halogens is 2. The fraction of sp³-hybridized carbons (Fsp3) is 0.143. The van der Waals surface area contributed by atoms with E-state index in [-0.39, 0.29) is 0 Å². The van der Waals surface area contributed by atoms with Crippen molar-refractivity contribution < 1.29 is 4.74 Å². The van der Waals surface area contributed by atoms with Gasteiger partial charge in [0, 0.05) is 17.7 Å². The van der Waals surface area contributed by atoms with Crippen molar-refractivity contribution >= 4 is 31.9 Å². The van der Waals surface area contributed by atoms with Gasteiger partial charge in [0.25, 0.3) is 0 Å². The summed E-state index contributed by atoms with van der Waals surface area (Å²) in [5, 5.41) is 0.713. The summed E-state index contributed by atoms with van der Waals surface area (Å²) in [5.74, 6) is 3.21. The zero-order valence-electron chi connectivity index (χ0n) is 9.94. The van der Waals surface area contributed by atoms with E-state index in [1.54, 1.807) is 12.4 Å². The van der Waals surface area contributed by atoms with Gasteiger partial charge in [0.15, 0.2) is 5.75 Å². The van der Waals surface area contributed by atoms with Crippen molar-refractivity contribution in [3.05, 3.63) is 40.6 Å². The van der Waals surface area contributed by atoms with Crippen molar-refractivity contribution in [1.82, 2.24) is 9.97 Å². The van der Waals surface area contributed by atoms with Crippen LogP contribution in [-0.4, -0.2) is 21.9 Å². The molecule has 2 aromatic rings. The quantitative estimate of drug-likeness (QED) is 0.598. The molecule has 0 aliphatic heterocycles. The molecule has 0 radical (unpaired) electrons. The van der Waals surface area contributed by atoms with Crippen LogP contribution >= 0.6 is 31.9 Å². The van der Waals surface area contributed by atoms with Crippen molar-refractivity contribution in [2.45, 2.75) is 0 Å². The molecule has 0 aromatic carbocycles. The van der Waals surface area contributed by atoms with Crippen LogP contribution < -0.4 is 4.74 Å². The monoisotopic (exact) mass is 380 g/mol. The van der Waals surface area contributed by atoms with Crippen molar-refractivity contribution in [3.8, 4) is 29.5 Å². The molecule has 0 saturated heterocycles. The first-order chi connectivity index (χ1) is 9.27. The largest absolute Gasteiger partial charge is 0.489 e. The normalized spacial score (nSPS) is 9.95. The minimum absolute atomic E-state index is 0.507. The highest BCUT2D eigenvalue weighted by Gasteiger charge is 2.16. The van der Waals surface area contributed by atoms with Gasteiger partial charge in [0.05, 0.1) is 22.3 Å². The van der Waals surface area contributed by atoms with Gasteiger partial charge in [-0.25, -0.2) is 4.98 Å². The average Bonchev–Trinajstić information content (AvgIpc) is 2.46. The third kappa shape index (κ3) is 3.14. The molecular formula is C14H10Br2N2O. The van der Waals surface area contributed by atoms with Gasteiger partial charge < -0.3 is 4.74 Å². The zero-order valence-corrected chi connectivity index (χ0v) is 13.1. The van der Waals surface area contributed by atoms with E-state index < -0.39 is 0 Å². The maximum atomic E-state index is 5.72. The Morgan fingerprint density at radius 1 is 1.32 bits per heavy atom. The van der Waals surface area contributed by atoms with E-state index >= 15 is 0 Å². The van der Waals surface area contributed by atoms with E-state index in [9.17, 15) is 0 Å². The highest BCUT2D eigenvalue weighted by molar-refractivity contribution is 9.10. The number of alkyl halides is 1. The molecule has 2 heterocycles. The second kappa shape index (κ2) is 6.69. The summed E-state index contributed by atoms with van der Waals surface area (Å²) in [6, 6.07) is 5.62. The first-order valence-corrected chi connectivity index (χ1v) is 7.44. The highest BCUT2D eigenvalue weighted by atomic mass is 79.9. The molecule has 0 atom stereocenters. The molecule has 5 heteroatoms. The van der Waals surface area contributed by atoms with Crippen LogP contribution in [0.4, 0.5) is 0 Å². The Labute approximate surface area is 128 Å². The predicted molar refractivity (Wildman–Crippen MR) is 82.4 cm³/mol. The van der Waals surface area contributed by atoms with E-state index in [0.29, 0.717) is 28.9 Å². The molecule has 0 unspecified atom stereocenters. The molecule has 0 aliphatic carbocycles. The molecule has 0 bridgehead atoms. The van der Waals surface area contributed by atoms with Crippen molar-refractivity contribution in [2.75, 3.05) is 11.9 Å². The Bertz CT molecular complexity index is 609. The van der Waals surface area contributed by atoms with Gasteiger partial charge in [0.1, 0.15) is 5.69 Å². The SMILES string of the molecule is C#Cc1c(Br)cnc(-c2ccccn2)c1OCCBr. The number of pyridine rings is 2. The van der Waals surface area contributed by atoms with Crippen LogP contribution in [0, 0.1) is 12.3 Å².